The normalized spacial score (nSPS) is 27.9. The Labute approximate surface area is 106 Å². The number of urea groups is 1. The van der Waals surface area contributed by atoms with E-state index < -0.39 is 5.97 Å². The van der Waals surface area contributed by atoms with E-state index in [9.17, 15) is 9.59 Å². The predicted molar refractivity (Wildman–Crippen MR) is 64.3 cm³/mol. The molecule has 3 atom stereocenters. The van der Waals surface area contributed by atoms with Crippen molar-refractivity contribution < 1.29 is 19.4 Å². The van der Waals surface area contributed by atoms with Crippen molar-refractivity contribution >= 4 is 12.0 Å². The molecule has 6 nitrogen and oxygen atoms in total. The number of hydrogen-bond acceptors (Lipinski definition) is 3. The van der Waals surface area contributed by atoms with Gasteiger partial charge in [0.2, 0.25) is 0 Å². The summed E-state index contributed by atoms with van der Waals surface area (Å²) in [5.74, 6) is -0.885. The third kappa shape index (κ3) is 3.13. The van der Waals surface area contributed by atoms with E-state index in [1.54, 1.807) is 4.90 Å². The third-order valence-corrected chi connectivity index (χ3v) is 3.57. The van der Waals surface area contributed by atoms with E-state index in [0.717, 1.165) is 12.8 Å². The minimum Gasteiger partial charge on any atom is -0.481 e. The summed E-state index contributed by atoms with van der Waals surface area (Å²) < 4.78 is 5.66. The van der Waals surface area contributed by atoms with E-state index in [1.165, 1.54) is 0 Å². The third-order valence-electron chi connectivity index (χ3n) is 3.57. The first-order valence-electron chi connectivity index (χ1n) is 6.51. The highest BCUT2D eigenvalue weighted by Crippen LogP contribution is 2.26. The van der Waals surface area contributed by atoms with Crippen LogP contribution in [0.15, 0.2) is 0 Å². The summed E-state index contributed by atoms with van der Waals surface area (Å²) in [4.78, 5) is 24.4. The van der Waals surface area contributed by atoms with Crippen molar-refractivity contribution in [3.63, 3.8) is 0 Å². The van der Waals surface area contributed by atoms with Gasteiger partial charge in [0.25, 0.3) is 0 Å². The van der Waals surface area contributed by atoms with E-state index >= 15 is 0 Å². The van der Waals surface area contributed by atoms with Crippen LogP contribution >= 0.6 is 0 Å². The Morgan fingerprint density at radius 1 is 1.39 bits per heavy atom. The highest BCUT2D eigenvalue weighted by Gasteiger charge is 2.36. The number of likely N-dealkylation sites (tertiary alicyclic amines) is 1. The van der Waals surface area contributed by atoms with Gasteiger partial charge in [-0.25, -0.2) is 4.79 Å². The van der Waals surface area contributed by atoms with Crippen LogP contribution < -0.4 is 5.32 Å². The van der Waals surface area contributed by atoms with Gasteiger partial charge in [0.05, 0.1) is 18.6 Å². The molecule has 2 amide bonds. The maximum absolute atomic E-state index is 12.0. The molecule has 0 spiro atoms. The van der Waals surface area contributed by atoms with E-state index in [2.05, 4.69) is 5.32 Å². The molecule has 0 aromatic rings. The number of carboxylic acids is 1. The van der Waals surface area contributed by atoms with Crippen LogP contribution in [0.3, 0.4) is 0 Å². The molecular formula is C12H20N2O4. The Hall–Kier alpha value is -1.30. The first kappa shape index (κ1) is 13.1. The molecule has 0 aromatic heterocycles. The highest BCUT2D eigenvalue weighted by molar-refractivity contribution is 5.76. The number of carbonyl (C=O) groups excluding carboxylic acids is 1. The Morgan fingerprint density at radius 3 is 2.50 bits per heavy atom. The molecule has 2 heterocycles. The molecule has 102 valence electrons. The number of hydrogen-bond donors (Lipinski definition) is 2. The monoisotopic (exact) mass is 256 g/mol. The van der Waals surface area contributed by atoms with Gasteiger partial charge < -0.3 is 20.1 Å². The summed E-state index contributed by atoms with van der Waals surface area (Å²) in [5, 5.41) is 11.5. The van der Waals surface area contributed by atoms with Crippen molar-refractivity contribution in [3.05, 3.63) is 0 Å². The molecule has 0 saturated carbocycles. The van der Waals surface area contributed by atoms with Crippen LogP contribution in [-0.2, 0) is 9.53 Å². The van der Waals surface area contributed by atoms with Gasteiger partial charge in [0.1, 0.15) is 0 Å². The average molecular weight is 256 g/mol. The van der Waals surface area contributed by atoms with Gasteiger partial charge in [0, 0.05) is 19.1 Å². The summed E-state index contributed by atoms with van der Waals surface area (Å²) in [7, 11) is 0. The van der Waals surface area contributed by atoms with Crippen LogP contribution in [0, 0.1) is 0 Å². The predicted octanol–water partition coefficient (Wildman–Crippen LogP) is 0.812. The lowest BCUT2D eigenvalue weighted by Crippen LogP contribution is -2.52. The molecule has 18 heavy (non-hydrogen) atoms. The maximum Gasteiger partial charge on any atom is 0.317 e. The van der Waals surface area contributed by atoms with Gasteiger partial charge in [-0.2, -0.15) is 0 Å². The minimum atomic E-state index is -0.885. The fraction of sp³-hybridized carbons (Fsp3) is 0.833. The van der Waals surface area contributed by atoms with Crippen LogP contribution in [0.2, 0.25) is 0 Å². The number of morpholine rings is 1. The van der Waals surface area contributed by atoms with Gasteiger partial charge in [-0.3, -0.25) is 4.79 Å². The molecule has 2 saturated heterocycles. The van der Waals surface area contributed by atoms with Crippen molar-refractivity contribution in [2.24, 2.45) is 0 Å². The lowest BCUT2D eigenvalue weighted by Gasteiger charge is -2.33. The van der Waals surface area contributed by atoms with Crippen molar-refractivity contribution in [3.8, 4) is 0 Å². The second-order valence-corrected chi connectivity index (χ2v) is 5.01. The van der Waals surface area contributed by atoms with E-state index in [4.69, 9.17) is 9.84 Å². The SMILES string of the molecule is CCC(CC(=O)O)NC(=O)N1CC2CCC(C1)O2. The van der Waals surface area contributed by atoms with Gasteiger partial charge in [-0.15, -0.1) is 0 Å². The van der Waals surface area contributed by atoms with Crippen molar-refractivity contribution in [2.75, 3.05) is 13.1 Å². The number of amides is 2. The second kappa shape index (κ2) is 5.56. The topological polar surface area (TPSA) is 78.9 Å². The first-order valence-corrected chi connectivity index (χ1v) is 6.51. The number of nitrogens with one attached hydrogen (secondary N) is 1. The number of aliphatic carboxylic acids is 1. The molecular weight excluding hydrogens is 236 g/mol. The molecule has 0 radical (unpaired) electrons. The summed E-state index contributed by atoms with van der Waals surface area (Å²) in [6, 6.07) is -0.459. The lowest BCUT2D eigenvalue weighted by atomic mass is 10.1. The molecule has 2 aliphatic heterocycles. The summed E-state index contributed by atoms with van der Waals surface area (Å²) in [5.41, 5.74) is 0. The van der Waals surface area contributed by atoms with Gasteiger partial charge in [-0.1, -0.05) is 6.92 Å². The number of rotatable bonds is 4. The van der Waals surface area contributed by atoms with E-state index in [1.807, 2.05) is 6.92 Å². The summed E-state index contributed by atoms with van der Waals surface area (Å²) in [6.07, 6.45) is 2.94. The molecule has 3 unspecified atom stereocenters. The number of fused-ring (bicyclic) bond motifs is 2. The Balaban J connectivity index is 1.85. The largest absolute Gasteiger partial charge is 0.481 e. The molecule has 0 aromatic carbocycles. The van der Waals surface area contributed by atoms with Crippen molar-refractivity contribution in [2.45, 2.75) is 50.9 Å². The highest BCUT2D eigenvalue weighted by atomic mass is 16.5. The zero-order valence-corrected chi connectivity index (χ0v) is 10.6. The van der Waals surface area contributed by atoms with Crippen LogP contribution in [0.5, 0.6) is 0 Å². The van der Waals surface area contributed by atoms with Crippen molar-refractivity contribution in [1.82, 2.24) is 10.2 Å². The van der Waals surface area contributed by atoms with E-state index in [-0.39, 0.29) is 30.7 Å². The number of carboxylic acid groups (broad SMARTS) is 1. The first-order chi connectivity index (χ1) is 8.58. The molecule has 2 N–H and O–H groups in total. The van der Waals surface area contributed by atoms with Gasteiger partial charge >= 0.3 is 12.0 Å². The van der Waals surface area contributed by atoms with E-state index in [0.29, 0.717) is 19.5 Å². The lowest BCUT2D eigenvalue weighted by molar-refractivity contribution is -0.137. The molecule has 0 aliphatic carbocycles. The molecule has 2 rings (SSSR count). The van der Waals surface area contributed by atoms with Crippen LogP contribution in [-0.4, -0.2) is 53.3 Å². The summed E-state index contributed by atoms with van der Waals surface area (Å²) >= 11 is 0. The standard InChI is InChI=1S/C12H20N2O4/c1-2-8(5-11(15)16)13-12(17)14-6-9-3-4-10(7-14)18-9/h8-10H,2-7H2,1H3,(H,13,17)(H,15,16). The molecule has 2 aliphatic rings. The fourth-order valence-electron chi connectivity index (χ4n) is 2.55. The number of ether oxygens (including phenoxy) is 1. The Kier molecular flexibility index (Phi) is 4.06. The second-order valence-electron chi connectivity index (χ2n) is 5.01. The zero-order valence-electron chi connectivity index (χ0n) is 10.6. The van der Waals surface area contributed by atoms with Crippen LogP contribution in [0.1, 0.15) is 32.6 Å². The zero-order chi connectivity index (χ0) is 13.1. The number of nitrogens with zero attached hydrogens (tertiary/aromatic N) is 1. The Morgan fingerprint density at radius 2 is 2.00 bits per heavy atom. The minimum absolute atomic E-state index is 0.0283. The van der Waals surface area contributed by atoms with Gasteiger partial charge in [0.15, 0.2) is 0 Å². The molecule has 2 bridgehead atoms. The number of carbonyl (C=O) groups is 2. The smallest absolute Gasteiger partial charge is 0.317 e. The summed E-state index contributed by atoms with van der Waals surface area (Å²) in [6.45, 7) is 3.11. The maximum atomic E-state index is 12.0. The average Bonchev–Trinajstić information content (AvgIpc) is 2.66. The Bertz CT molecular complexity index is 322. The quantitative estimate of drug-likeness (QED) is 0.780. The van der Waals surface area contributed by atoms with Crippen LogP contribution in [0.25, 0.3) is 0 Å². The van der Waals surface area contributed by atoms with Gasteiger partial charge in [-0.05, 0) is 19.3 Å². The van der Waals surface area contributed by atoms with Crippen LogP contribution in [0.4, 0.5) is 4.79 Å². The van der Waals surface area contributed by atoms with Crippen molar-refractivity contribution in [1.29, 1.82) is 0 Å². The molecule has 2 fully saturated rings. The molecule has 6 heteroatoms. The fourth-order valence-corrected chi connectivity index (χ4v) is 2.55.